The van der Waals surface area contributed by atoms with Gasteiger partial charge < -0.3 is 5.73 Å². The molecule has 1 aliphatic heterocycles. The Hall–Kier alpha value is -1.16. The zero-order chi connectivity index (χ0) is 11.9. The van der Waals surface area contributed by atoms with Crippen LogP contribution < -0.4 is 5.73 Å². The van der Waals surface area contributed by atoms with Crippen molar-refractivity contribution in [3.8, 4) is 0 Å². The molecule has 0 aromatic heterocycles. The molecule has 1 heterocycles. The summed E-state index contributed by atoms with van der Waals surface area (Å²) in [5.74, 6) is -0.217. The first-order chi connectivity index (χ1) is 7.52. The van der Waals surface area contributed by atoms with E-state index in [1.807, 2.05) is 0 Å². The smallest absolute Gasteiger partial charge is 0.257 e. The summed E-state index contributed by atoms with van der Waals surface area (Å²) in [5.41, 5.74) is 7.01. The van der Waals surface area contributed by atoms with E-state index < -0.39 is 0 Å². The summed E-state index contributed by atoms with van der Waals surface area (Å²) in [4.78, 5) is 25.3. The van der Waals surface area contributed by atoms with Crippen LogP contribution in [0.4, 0.5) is 0 Å². The van der Waals surface area contributed by atoms with E-state index in [0.29, 0.717) is 11.1 Å². The van der Waals surface area contributed by atoms with Crippen LogP contribution in [0.5, 0.6) is 0 Å². The highest BCUT2D eigenvalue weighted by Crippen LogP contribution is 2.29. The minimum absolute atomic E-state index is 0.0622. The first-order valence-corrected chi connectivity index (χ1v) is 5.83. The molecular weight excluding hydrogens is 204 g/mol. The number of hydrogen-bond acceptors (Lipinski definition) is 3. The largest absolute Gasteiger partial charge is 0.328 e. The van der Waals surface area contributed by atoms with Crippen LogP contribution in [0.1, 0.15) is 39.5 Å². The van der Waals surface area contributed by atoms with E-state index in [9.17, 15) is 9.59 Å². The highest BCUT2D eigenvalue weighted by molar-refractivity contribution is 6.18. The van der Waals surface area contributed by atoms with E-state index in [0.717, 1.165) is 25.7 Å². The Morgan fingerprint density at radius 3 is 1.88 bits per heavy atom. The molecule has 1 aliphatic carbocycles. The fourth-order valence-electron chi connectivity index (χ4n) is 2.47. The summed E-state index contributed by atoms with van der Waals surface area (Å²) in [6, 6.07) is 0.298. The summed E-state index contributed by atoms with van der Waals surface area (Å²) in [5, 5.41) is 0. The lowest BCUT2D eigenvalue weighted by Crippen LogP contribution is -2.44. The first-order valence-electron chi connectivity index (χ1n) is 5.83. The predicted octanol–water partition coefficient (Wildman–Crippen LogP) is 0.961. The molecule has 16 heavy (non-hydrogen) atoms. The fraction of sp³-hybridized carbons (Fsp3) is 0.667. The molecule has 2 N–H and O–H groups in total. The maximum atomic E-state index is 11.9. The van der Waals surface area contributed by atoms with E-state index in [4.69, 9.17) is 5.73 Å². The number of nitrogens with zero attached hydrogens (tertiary/aromatic N) is 1. The van der Waals surface area contributed by atoms with E-state index >= 15 is 0 Å². The van der Waals surface area contributed by atoms with Crippen LogP contribution in [0.15, 0.2) is 11.1 Å². The lowest BCUT2D eigenvalue weighted by molar-refractivity contribution is -0.141. The Balaban J connectivity index is 2.13. The second kappa shape index (κ2) is 4.01. The van der Waals surface area contributed by atoms with Crippen molar-refractivity contribution in [2.75, 3.05) is 0 Å². The number of rotatable bonds is 1. The predicted molar refractivity (Wildman–Crippen MR) is 60.5 cm³/mol. The molecule has 0 atom stereocenters. The number of carbonyl (C=O) groups excluding carboxylic acids is 2. The van der Waals surface area contributed by atoms with Gasteiger partial charge in [-0.15, -0.1) is 0 Å². The minimum atomic E-state index is -0.108. The molecule has 1 fully saturated rings. The number of amides is 2. The molecule has 0 radical (unpaired) electrons. The van der Waals surface area contributed by atoms with Crippen molar-refractivity contribution in [3.63, 3.8) is 0 Å². The molecule has 0 bridgehead atoms. The van der Waals surface area contributed by atoms with Gasteiger partial charge in [0.25, 0.3) is 11.8 Å². The SMILES string of the molecule is CC1=C(C)C(=O)N(C2CCC(N)CC2)C1=O. The molecule has 2 aliphatic rings. The first kappa shape index (κ1) is 11.3. The topological polar surface area (TPSA) is 63.4 Å². The van der Waals surface area contributed by atoms with Gasteiger partial charge in [0, 0.05) is 23.2 Å². The van der Waals surface area contributed by atoms with Gasteiger partial charge in [-0.3, -0.25) is 14.5 Å². The monoisotopic (exact) mass is 222 g/mol. The van der Waals surface area contributed by atoms with Crippen molar-refractivity contribution in [1.29, 1.82) is 0 Å². The molecule has 2 rings (SSSR count). The molecular formula is C12H18N2O2. The Bertz CT molecular complexity index is 341. The number of carbonyl (C=O) groups is 2. The Kier molecular flexibility index (Phi) is 2.84. The van der Waals surface area contributed by atoms with Gasteiger partial charge in [0.1, 0.15) is 0 Å². The van der Waals surface area contributed by atoms with Crippen LogP contribution >= 0.6 is 0 Å². The lowest BCUT2D eigenvalue weighted by atomic mass is 9.91. The third kappa shape index (κ3) is 1.67. The van der Waals surface area contributed by atoms with Gasteiger partial charge in [0.2, 0.25) is 0 Å². The molecule has 0 spiro atoms. The van der Waals surface area contributed by atoms with Crippen LogP contribution in [0.2, 0.25) is 0 Å². The van der Waals surface area contributed by atoms with Crippen molar-refractivity contribution in [3.05, 3.63) is 11.1 Å². The molecule has 1 saturated carbocycles. The third-order valence-electron chi connectivity index (χ3n) is 3.75. The van der Waals surface area contributed by atoms with Crippen LogP contribution in [-0.2, 0) is 9.59 Å². The van der Waals surface area contributed by atoms with E-state index in [1.165, 1.54) is 4.90 Å². The van der Waals surface area contributed by atoms with Gasteiger partial charge in [0.05, 0.1) is 0 Å². The fourth-order valence-corrected chi connectivity index (χ4v) is 2.47. The van der Waals surface area contributed by atoms with Crippen LogP contribution in [-0.4, -0.2) is 28.8 Å². The molecule has 0 saturated heterocycles. The summed E-state index contributed by atoms with van der Waals surface area (Å²) in [6.07, 6.45) is 3.50. The average Bonchev–Trinajstić information content (AvgIpc) is 2.46. The molecule has 0 aromatic carbocycles. The van der Waals surface area contributed by atoms with Gasteiger partial charge in [-0.2, -0.15) is 0 Å². The van der Waals surface area contributed by atoms with Crippen LogP contribution in [0.3, 0.4) is 0 Å². The average molecular weight is 222 g/mol. The highest BCUT2D eigenvalue weighted by Gasteiger charge is 2.39. The molecule has 0 aromatic rings. The molecule has 4 heteroatoms. The summed E-state index contributed by atoms with van der Waals surface area (Å²) in [7, 11) is 0. The zero-order valence-electron chi connectivity index (χ0n) is 9.82. The number of nitrogens with two attached hydrogens (primary N) is 1. The van der Waals surface area contributed by atoms with E-state index in [2.05, 4.69) is 0 Å². The third-order valence-corrected chi connectivity index (χ3v) is 3.75. The van der Waals surface area contributed by atoms with Gasteiger partial charge in [-0.05, 0) is 39.5 Å². The van der Waals surface area contributed by atoms with Gasteiger partial charge in [-0.25, -0.2) is 0 Å². The van der Waals surface area contributed by atoms with Gasteiger partial charge in [-0.1, -0.05) is 0 Å². The van der Waals surface area contributed by atoms with Gasteiger partial charge in [0.15, 0.2) is 0 Å². The lowest BCUT2D eigenvalue weighted by Gasteiger charge is -2.32. The second-order valence-corrected chi connectivity index (χ2v) is 4.80. The molecule has 4 nitrogen and oxygen atoms in total. The quantitative estimate of drug-likeness (QED) is 0.672. The highest BCUT2D eigenvalue weighted by atomic mass is 16.2. The Morgan fingerprint density at radius 1 is 1.00 bits per heavy atom. The van der Waals surface area contributed by atoms with Gasteiger partial charge >= 0.3 is 0 Å². The second-order valence-electron chi connectivity index (χ2n) is 4.80. The molecule has 88 valence electrons. The van der Waals surface area contributed by atoms with Crippen molar-refractivity contribution < 1.29 is 9.59 Å². The number of imide groups is 1. The van der Waals surface area contributed by atoms with Crippen molar-refractivity contribution >= 4 is 11.8 Å². The van der Waals surface area contributed by atoms with Crippen molar-refractivity contribution in [2.24, 2.45) is 5.73 Å². The zero-order valence-corrected chi connectivity index (χ0v) is 9.82. The normalized spacial score (nSPS) is 31.6. The van der Waals surface area contributed by atoms with Crippen LogP contribution in [0.25, 0.3) is 0 Å². The maximum Gasteiger partial charge on any atom is 0.257 e. The standard InChI is InChI=1S/C12H18N2O2/c1-7-8(2)12(16)14(11(7)15)10-5-3-9(13)4-6-10/h9-10H,3-6,13H2,1-2H3. The Morgan fingerprint density at radius 2 is 1.44 bits per heavy atom. The van der Waals surface area contributed by atoms with E-state index in [1.54, 1.807) is 13.8 Å². The summed E-state index contributed by atoms with van der Waals surface area (Å²) in [6.45, 7) is 3.45. The van der Waals surface area contributed by atoms with Crippen molar-refractivity contribution in [2.45, 2.75) is 51.6 Å². The van der Waals surface area contributed by atoms with Crippen LogP contribution in [0, 0.1) is 0 Å². The van der Waals surface area contributed by atoms with Crippen molar-refractivity contribution in [1.82, 2.24) is 4.90 Å². The minimum Gasteiger partial charge on any atom is -0.328 e. The summed E-state index contributed by atoms with van der Waals surface area (Å²) < 4.78 is 0. The number of hydrogen-bond donors (Lipinski definition) is 1. The Labute approximate surface area is 95.5 Å². The van der Waals surface area contributed by atoms with E-state index in [-0.39, 0.29) is 23.9 Å². The maximum absolute atomic E-state index is 11.9. The summed E-state index contributed by atoms with van der Waals surface area (Å²) >= 11 is 0. The molecule has 2 amide bonds. The molecule has 0 unspecified atom stereocenters.